The largest absolute Gasteiger partial charge is 0.496 e. The van der Waals surface area contributed by atoms with Gasteiger partial charge in [-0.1, -0.05) is 39.8 Å². The molecule has 1 atom stereocenters. The lowest BCUT2D eigenvalue weighted by atomic mass is 9.84. The lowest BCUT2D eigenvalue weighted by molar-refractivity contribution is 0.269. The summed E-state index contributed by atoms with van der Waals surface area (Å²) in [6.07, 6.45) is 0. The Morgan fingerprint density at radius 3 is 2.38 bits per heavy atom. The minimum Gasteiger partial charge on any atom is -0.496 e. The van der Waals surface area contributed by atoms with Crippen molar-refractivity contribution < 1.29 is 9.84 Å². The Balaban J connectivity index is 3.21. The molecule has 16 heavy (non-hydrogen) atoms. The van der Waals surface area contributed by atoms with E-state index >= 15 is 0 Å². The average molecular weight is 222 g/mol. The smallest absolute Gasteiger partial charge is 0.122 e. The first kappa shape index (κ1) is 13.0. The zero-order chi connectivity index (χ0) is 12.3. The second-order valence-corrected chi connectivity index (χ2v) is 5.29. The van der Waals surface area contributed by atoms with Gasteiger partial charge in [-0.3, -0.25) is 0 Å². The summed E-state index contributed by atoms with van der Waals surface area (Å²) in [5, 5.41) is 9.25. The van der Waals surface area contributed by atoms with Gasteiger partial charge in [0.15, 0.2) is 0 Å². The van der Waals surface area contributed by atoms with Crippen molar-refractivity contribution in [2.24, 2.45) is 0 Å². The molecule has 0 radical (unpaired) electrons. The average Bonchev–Trinajstić information content (AvgIpc) is 2.25. The summed E-state index contributed by atoms with van der Waals surface area (Å²) in [4.78, 5) is 0. The molecular weight excluding hydrogens is 200 g/mol. The van der Waals surface area contributed by atoms with Crippen LogP contribution in [-0.2, 0) is 5.41 Å². The van der Waals surface area contributed by atoms with Crippen LogP contribution in [0.1, 0.15) is 44.7 Å². The molecule has 0 spiro atoms. The van der Waals surface area contributed by atoms with E-state index in [1.807, 2.05) is 13.0 Å². The lowest BCUT2D eigenvalue weighted by Crippen LogP contribution is -2.12. The number of aliphatic hydroxyl groups excluding tert-OH is 1. The third-order valence-electron chi connectivity index (χ3n) is 2.90. The maximum Gasteiger partial charge on any atom is 0.122 e. The molecule has 0 aromatic heterocycles. The number of methoxy groups -OCH3 is 1. The highest BCUT2D eigenvalue weighted by atomic mass is 16.5. The van der Waals surface area contributed by atoms with E-state index in [0.29, 0.717) is 0 Å². The maximum atomic E-state index is 9.25. The minimum atomic E-state index is 0.109. The molecule has 1 unspecified atom stereocenters. The van der Waals surface area contributed by atoms with Crippen molar-refractivity contribution >= 4 is 0 Å². The molecule has 90 valence electrons. The molecule has 1 N–H and O–H groups in total. The monoisotopic (exact) mass is 222 g/mol. The van der Waals surface area contributed by atoms with Crippen molar-refractivity contribution in [3.63, 3.8) is 0 Å². The predicted octanol–water partition coefficient (Wildman–Crippen LogP) is 3.09. The van der Waals surface area contributed by atoms with E-state index in [-0.39, 0.29) is 17.9 Å². The van der Waals surface area contributed by atoms with Crippen LogP contribution in [-0.4, -0.2) is 18.8 Å². The number of ether oxygens (including phenoxy) is 1. The normalized spacial score (nSPS) is 13.6. The summed E-state index contributed by atoms with van der Waals surface area (Å²) >= 11 is 0. The van der Waals surface area contributed by atoms with Crippen molar-refractivity contribution in [3.05, 3.63) is 29.3 Å². The Hall–Kier alpha value is -1.02. The van der Waals surface area contributed by atoms with Crippen LogP contribution in [0.25, 0.3) is 0 Å². The first-order valence-corrected chi connectivity index (χ1v) is 5.69. The van der Waals surface area contributed by atoms with E-state index in [4.69, 9.17) is 4.74 Å². The zero-order valence-electron chi connectivity index (χ0n) is 10.9. The van der Waals surface area contributed by atoms with Gasteiger partial charge in [0.05, 0.1) is 7.11 Å². The number of rotatable bonds is 3. The fourth-order valence-electron chi connectivity index (χ4n) is 1.68. The fourth-order valence-corrected chi connectivity index (χ4v) is 1.68. The third-order valence-corrected chi connectivity index (χ3v) is 2.90. The van der Waals surface area contributed by atoms with Crippen LogP contribution in [0, 0.1) is 0 Å². The van der Waals surface area contributed by atoms with Crippen molar-refractivity contribution in [2.75, 3.05) is 13.7 Å². The molecule has 0 saturated heterocycles. The standard InChI is InChI=1S/C14H22O2/c1-10(9-15)12-8-11(14(2,3)4)6-7-13(12)16-5/h6-8,10,15H,9H2,1-5H3. The van der Waals surface area contributed by atoms with E-state index in [1.54, 1.807) is 7.11 Å². The second kappa shape index (κ2) is 4.88. The molecule has 0 bridgehead atoms. The Kier molecular flexibility index (Phi) is 3.98. The van der Waals surface area contributed by atoms with Crippen LogP contribution in [0.4, 0.5) is 0 Å². The van der Waals surface area contributed by atoms with E-state index in [2.05, 4.69) is 32.9 Å². The summed E-state index contributed by atoms with van der Waals surface area (Å²) in [6.45, 7) is 8.70. The van der Waals surface area contributed by atoms with Crippen molar-refractivity contribution in [3.8, 4) is 5.75 Å². The van der Waals surface area contributed by atoms with Crippen LogP contribution in [0.15, 0.2) is 18.2 Å². The van der Waals surface area contributed by atoms with Crippen molar-refractivity contribution in [1.82, 2.24) is 0 Å². The molecule has 0 aliphatic heterocycles. The van der Waals surface area contributed by atoms with Crippen LogP contribution in [0.5, 0.6) is 5.75 Å². The number of hydrogen-bond donors (Lipinski definition) is 1. The molecule has 0 aliphatic carbocycles. The van der Waals surface area contributed by atoms with Gasteiger partial charge < -0.3 is 9.84 Å². The molecule has 0 saturated carbocycles. The van der Waals surface area contributed by atoms with Crippen molar-refractivity contribution in [2.45, 2.75) is 39.0 Å². The quantitative estimate of drug-likeness (QED) is 0.851. The predicted molar refractivity (Wildman–Crippen MR) is 67.2 cm³/mol. The highest BCUT2D eigenvalue weighted by molar-refractivity contribution is 5.41. The Labute approximate surface area is 98.3 Å². The Bertz CT molecular complexity index is 350. The first-order chi connectivity index (χ1) is 7.40. The number of hydrogen-bond acceptors (Lipinski definition) is 2. The van der Waals surface area contributed by atoms with Gasteiger partial charge in [-0.25, -0.2) is 0 Å². The van der Waals surface area contributed by atoms with Crippen LogP contribution in [0.3, 0.4) is 0 Å². The highest BCUT2D eigenvalue weighted by Crippen LogP contribution is 2.31. The lowest BCUT2D eigenvalue weighted by Gasteiger charge is -2.22. The van der Waals surface area contributed by atoms with Gasteiger partial charge >= 0.3 is 0 Å². The van der Waals surface area contributed by atoms with Gasteiger partial charge in [0.25, 0.3) is 0 Å². The van der Waals surface area contributed by atoms with Crippen LogP contribution < -0.4 is 4.74 Å². The summed E-state index contributed by atoms with van der Waals surface area (Å²) in [5.74, 6) is 0.965. The molecule has 2 heteroatoms. The van der Waals surface area contributed by atoms with E-state index in [0.717, 1.165) is 11.3 Å². The molecule has 0 amide bonds. The SMILES string of the molecule is COc1ccc(C(C)(C)C)cc1C(C)CO. The van der Waals surface area contributed by atoms with Gasteiger partial charge in [0.1, 0.15) is 5.75 Å². The topological polar surface area (TPSA) is 29.5 Å². The fraction of sp³-hybridized carbons (Fsp3) is 0.571. The molecular formula is C14H22O2. The van der Waals surface area contributed by atoms with E-state index in [1.165, 1.54) is 5.56 Å². The summed E-state index contributed by atoms with van der Waals surface area (Å²) in [6, 6.07) is 6.22. The van der Waals surface area contributed by atoms with E-state index in [9.17, 15) is 5.11 Å². The van der Waals surface area contributed by atoms with Gasteiger partial charge in [0, 0.05) is 12.5 Å². The molecule has 0 aliphatic rings. The molecule has 0 heterocycles. The molecule has 1 aromatic rings. The maximum absolute atomic E-state index is 9.25. The van der Waals surface area contributed by atoms with Gasteiger partial charge in [0.2, 0.25) is 0 Å². The summed E-state index contributed by atoms with van der Waals surface area (Å²) in [5.41, 5.74) is 2.47. The summed E-state index contributed by atoms with van der Waals surface area (Å²) < 4.78 is 5.32. The number of benzene rings is 1. The molecule has 0 fully saturated rings. The van der Waals surface area contributed by atoms with Gasteiger partial charge in [-0.05, 0) is 22.6 Å². The second-order valence-electron chi connectivity index (χ2n) is 5.29. The number of aliphatic hydroxyl groups is 1. The highest BCUT2D eigenvalue weighted by Gasteiger charge is 2.18. The molecule has 2 nitrogen and oxygen atoms in total. The third kappa shape index (κ3) is 2.76. The van der Waals surface area contributed by atoms with Crippen LogP contribution >= 0.6 is 0 Å². The Morgan fingerprint density at radius 1 is 1.31 bits per heavy atom. The van der Waals surface area contributed by atoms with Crippen LogP contribution in [0.2, 0.25) is 0 Å². The van der Waals surface area contributed by atoms with E-state index < -0.39 is 0 Å². The molecule has 1 rings (SSSR count). The van der Waals surface area contributed by atoms with Crippen molar-refractivity contribution in [1.29, 1.82) is 0 Å². The minimum absolute atomic E-state index is 0.109. The first-order valence-electron chi connectivity index (χ1n) is 5.69. The van der Waals surface area contributed by atoms with Gasteiger partial charge in [-0.2, -0.15) is 0 Å². The molecule has 1 aromatic carbocycles. The van der Waals surface area contributed by atoms with Gasteiger partial charge in [-0.15, -0.1) is 0 Å². The summed E-state index contributed by atoms with van der Waals surface area (Å²) in [7, 11) is 1.67. The zero-order valence-corrected chi connectivity index (χ0v) is 10.9. The Morgan fingerprint density at radius 2 is 1.94 bits per heavy atom.